The Labute approximate surface area is 235 Å². The molecule has 0 saturated heterocycles. The lowest BCUT2D eigenvalue weighted by Crippen LogP contribution is -2.25. The van der Waals surface area contributed by atoms with E-state index in [2.05, 4.69) is 43.5 Å². The molecule has 0 radical (unpaired) electrons. The summed E-state index contributed by atoms with van der Waals surface area (Å²) in [4.78, 5) is 0. The van der Waals surface area contributed by atoms with Crippen LogP contribution in [-0.2, 0) is 0 Å². The van der Waals surface area contributed by atoms with Crippen molar-refractivity contribution in [1.82, 2.24) is 0 Å². The standard InChI is InChI=1S/C35H48O4/c1-3-4-5-27-6-8-28(9-7-27)29-10-12-30(13-11-29)31-14-16-32(17-15-31)33-22-34(38-20-18-26(2)25-37)24-35(23-33)39-21-19-36/h3,14-17,22-24,27-30,36-37H,1-2,4-13,18-21,25H2. The summed E-state index contributed by atoms with van der Waals surface area (Å²) in [5, 5.41) is 18.4. The Balaban J connectivity index is 1.33. The van der Waals surface area contributed by atoms with Crippen LogP contribution >= 0.6 is 0 Å². The molecule has 39 heavy (non-hydrogen) atoms. The van der Waals surface area contributed by atoms with Crippen molar-refractivity contribution >= 4 is 0 Å². The second-order valence-electron chi connectivity index (χ2n) is 11.7. The Morgan fingerprint density at radius 2 is 1.41 bits per heavy atom. The monoisotopic (exact) mass is 532 g/mol. The van der Waals surface area contributed by atoms with Crippen LogP contribution in [0.25, 0.3) is 11.1 Å². The first kappa shape index (κ1) is 29.4. The van der Waals surface area contributed by atoms with Gasteiger partial charge in [-0.2, -0.15) is 0 Å². The molecular formula is C35H48O4. The molecule has 4 nitrogen and oxygen atoms in total. The summed E-state index contributed by atoms with van der Waals surface area (Å²) in [6.45, 7) is 8.34. The quantitative estimate of drug-likeness (QED) is 0.241. The molecule has 2 saturated carbocycles. The van der Waals surface area contributed by atoms with Crippen molar-refractivity contribution in [3.8, 4) is 22.6 Å². The van der Waals surface area contributed by atoms with E-state index >= 15 is 0 Å². The molecule has 2 aliphatic carbocycles. The number of hydrogen-bond acceptors (Lipinski definition) is 4. The van der Waals surface area contributed by atoms with Gasteiger partial charge in [-0.15, -0.1) is 6.58 Å². The van der Waals surface area contributed by atoms with Crippen molar-refractivity contribution in [2.24, 2.45) is 17.8 Å². The second kappa shape index (κ2) is 15.3. The Morgan fingerprint density at radius 3 is 2.00 bits per heavy atom. The number of allylic oxidation sites excluding steroid dienone is 1. The van der Waals surface area contributed by atoms with Crippen LogP contribution in [0.15, 0.2) is 67.3 Å². The van der Waals surface area contributed by atoms with E-state index in [1.807, 2.05) is 18.2 Å². The summed E-state index contributed by atoms with van der Waals surface area (Å²) in [7, 11) is 0. The lowest BCUT2D eigenvalue weighted by molar-refractivity contribution is 0.157. The third-order valence-electron chi connectivity index (χ3n) is 9.01. The maximum absolute atomic E-state index is 9.20. The average molecular weight is 533 g/mol. The molecule has 2 fully saturated rings. The van der Waals surface area contributed by atoms with E-state index < -0.39 is 0 Å². The van der Waals surface area contributed by atoms with E-state index in [1.165, 1.54) is 69.8 Å². The van der Waals surface area contributed by atoms with Crippen LogP contribution in [-0.4, -0.2) is 36.6 Å². The van der Waals surface area contributed by atoms with Gasteiger partial charge in [-0.1, -0.05) is 49.8 Å². The molecule has 4 rings (SSSR count). The van der Waals surface area contributed by atoms with Gasteiger partial charge in [0.25, 0.3) is 0 Å². The molecule has 0 unspecified atom stereocenters. The van der Waals surface area contributed by atoms with Crippen LogP contribution in [0.1, 0.15) is 82.1 Å². The maximum Gasteiger partial charge on any atom is 0.123 e. The fourth-order valence-corrected chi connectivity index (χ4v) is 6.63. The normalized spacial score (nSPS) is 23.2. The van der Waals surface area contributed by atoms with Gasteiger partial charge in [0.15, 0.2) is 0 Å². The summed E-state index contributed by atoms with van der Waals surface area (Å²) in [6, 6.07) is 14.9. The number of rotatable bonds is 14. The van der Waals surface area contributed by atoms with Crippen LogP contribution in [0.3, 0.4) is 0 Å². The van der Waals surface area contributed by atoms with Crippen molar-refractivity contribution in [3.05, 3.63) is 72.8 Å². The Hall–Kier alpha value is -2.56. The van der Waals surface area contributed by atoms with E-state index in [4.69, 9.17) is 9.47 Å². The van der Waals surface area contributed by atoms with E-state index in [1.54, 1.807) is 0 Å². The highest BCUT2D eigenvalue weighted by molar-refractivity contribution is 5.67. The maximum atomic E-state index is 9.20. The van der Waals surface area contributed by atoms with Crippen LogP contribution in [0, 0.1) is 17.8 Å². The molecular weight excluding hydrogens is 484 g/mol. The molecule has 0 aliphatic heterocycles. The second-order valence-corrected chi connectivity index (χ2v) is 11.7. The van der Waals surface area contributed by atoms with E-state index in [0.717, 1.165) is 34.5 Å². The van der Waals surface area contributed by atoms with Gasteiger partial charge in [0.05, 0.1) is 19.8 Å². The molecule has 2 aliphatic rings. The molecule has 212 valence electrons. The van der Waals surface area contributed by atoms with Crippen molar-refractivity contribution in [2.45, 2.75) is 76.5 Å². The smallest absolute Gasteiger partial charge is 0.123 e. The van der Waals surface area contributed by atoms with Crippen LogP contribution in [0.2, 0.25) is 0 Å². The molecule has 2 aromatic rings. The van der Waals surface area contributed by atoms with Crippen LogP contribution in [0.5, 0.6) is 11.5 Å². The minimum absolute atomic E-state index is 0.0281. The Bertz CT molecular complexity index is 1030. The fourth-order valence-electron chi connectivity index (χ4n) is 6.63. The van der Waals surface area contributed by atoms with Gasteiger partial charge in [0, 0.05) is 12.5 Å². The summed E-state index contributed by atoms with van der Waals surface area (Å²) in [5.74, 6) is 4.86. The van der Waals surface area contributed by atoms with E-state index in [0.29, 0.717) is 30.4 Å². The zero-order valence-corrected chi connectivity index (χ0v) is 23.7. The first-order valence-electron chi connectivity index (χ1n) is 15.1. The molecule has 0 amide bonds. The highest BCUT2D eigenvalue weighted by Crippen LogP contribution is 2.44. The van der Waals surface area contributed by atoms with Crippen molar-refractivity contribution < 1.29 is 19.7 Å². The van der Waals surface area contributed by atoms with Gasteiger partial charge in [-0.3, -0.25) is 0 Å². The SMILES string of the molecule is C=CCCC1CCC(C2CCC(c3ccc(-c4cc(OCCO)cc(OCCC(=C)CO)c4)cc3)CC2)CC1. The van der Waals surface area contributed by atoms with Gasteiger partial charge in [0.2, 0.25) is 0 Å². The first-order chi connectivity index (χ1) is 19.1. The zero-order chi connectivity index (χ0) is 27.5. The van der Waals surface area contributed by atoms with Crippen LogP contribution < -0.4 is 9.47 Å². The number of ether oxygens (including phenoxy) is 2. The van der Waals surface area contributed by atoms with E-state index in [-0.39, 0.29) is 19.8 Å². The molecule has 2 N–H and O–H groups in total. The number of hydrogen-bond donors (Lipinski definition) is 2. The van der Waals surface area contributed by atoms with E-state index in [9.17, 15) is 10.2 Å². The van der Waals surface area contributed by atoms with Gasteiger partial charge in [0.1, 0.15) is 18.1 Å². The Morgan fingerprint density at radius 1 is 0.795 bits per heavy atom. The summed E-state index contributed by atoms with van der Waals surface area (Å²) >= 11 is 0. The van der Waals surface area contributed by atoms with Gasteiger partial charge in [-0.05, 0) is 109 Å². The summed E-state index contributed by atoms with van der Waals surface area (Å²) < 4.78 is 11.7. The number of aliphatic hydroxyl groups is 2. The minimum atomic E-state index is -0.0370. The van der Waals surface area contributed by atoms with Gasteiger partial charge < -0.3 is 19.7 Å². The lowest BCUT2D eigenvalue weighted by Gasteiger charge is -2.38. The average Bonchev–Trinajstić information content (AvgIpc) is 2.99. The first-order valence-corrected chi connectivity index (χ1v) is 15.1. The predicted octanol–water partition coefficient (Wildman–Crippen LogP) is 8.09. The largest absolute Gasteiger partial charge is 0.493 e. The van der Waals surface area contributed by atoms with Crippen molar-refractivity contribution in [3.63, 3.8) is 0 Å². The molecule has 0 atom stereocenters. The predicted molar refractivity (Wildman–Crippen MR) is 160 cm³/mol. The summed E-state index contributed by atoms with van der Waals surface area (Å²) in [5.41, 5.74) is 4.36. The number of aliphatic hydroxyl groups excluding tert-OH is 2. The van der Waals surface area contributed by atoms with Crippen molar-refractivity contribution in [2.75, 3.05) is 26.4 Å². The van der Waals surface area contributed by atoms with Gasteiger partial charge >= 0.3 is 0 Å². The molecule has 0 heterocycles. The van der Waals surface area contributed by atoms with Crippen LogP contribution in [0.4, 0.5) is 0 Å². The highest BCUT2D eigenvalue weighted by Gasteiger charge is 2.31. The molecule has 0 bridgehead atoms. The number of benzene rings is 2. The zero-order valence-electron chi connectivity index (χ0n) is 23.7. The van der Waals surface area contributed by atoms with Crippen molar-refractivity contribution in [1.29, 1.82) is 0 Å². The third kappa shape index (κ3) is 8.71. The molecule has 0 aromatic heterocycles. The molecule has 2 aromatic carbocycles. The third-order valence-corrected chi connectivity index (χ3v) is 9.01. The molecule has 0 spiro atoms. The highest BCUT2D eigenvalue weighted by atomic mass is 16.5. The van der Waals surface area contributed by atoms with Gasteiger partial charge in [-0.25, -0.2) is 0 Å². The lowest BCUT2D eigenvalue weighted by atomic mass is 9.68. The molecule has 4 heteroatoms. The topological polar surface area (TPSA) is 58.9 Å². The fraction of sp³-hybridized carbons (Fsp3) is 0.543. The summed E-state index contributed by atoms with van der Waals surface area (Å²) in [6.07, 6.45) is 16.3. The minimum Gasteiger partial charge on any atom is -0.493 e. The Kier molecular flexibility index (Phi) is 11.5.